The predicted molar refractivity (Wildman–Crippen MR) is 51.0 cm³/mol. The van der Waals surface area contributed by atoms with E-state index >= 15 is 0 Å². The van der Waals surface area contributed by atoms with Crippen LogP contribution in [-0.4, -0.2) is 5.11 Å². The zero-order valence-corrected chi connectivity index (χ0v) is 7.84. The lowest BCUT2D eigenvalue weighted by atomic mass is 10.2. The van der Waals surface area contributed by atoms with Crippen LogP contribution in [0.1, 0.15) is 5.56 Å². The van der Waals surface area contributed by atoms with E-state index in [0.717, 1.165) is 11.3 Å². The monoisotopic (exact) mass is 213 g/mol. The Morgan fingerprint density at radius 3 is 3.07 bits per heavy atom. The van der Waals surface area contributed by atoms with Crippen molar-refractivity contribution < 1.29 is 14.4 Å². The Hall–Kier alpha value is -1.37. The Morgan fingerprint density at radius 1 is 1.57 bits per heavy atom. The van der Waals surface area contributed by atoms with Crippen LogP contribution in [-0.2, 0) is 11.4 Å². The van der Waals surface area contributed by atoms with Gasteiger partial charge in [0, 0.05) is 11.6 Å². The van der Waals surface area contributed by atoms with Gasteiger partial charge < -0.3 is 9.52 Å². The molecule has 0 saturated carbocycles. The third-order valence-corrected chi connectivity index (χ3v) is 2.56. The van der Waals surface area contributed by atoms with Crippen molar-refractivity contribution in [2.45, 2.75) is 6.61 Å². The maximum Gasteiger partial charge on any atom is 0.396 e. The largest absolute Gasteiger partial charge is 0.508 e. The molecule has 0 atom stereocenters. The summed E-state index contributed by atoms with van der Waals surface area (Å²) in [5.74, 6) is 4.92. The summed E-state index contributed by atoms with van der Waals surface area (Å²) in [5.41, 5.74) is 0.923. The van der Waals surface area contributed by atoms with Gasteiger partial charge in [-0.25, -0.2) is 10.7 Å². The van der Waals surface area contributed by atoms with Crippen LogP contribution in [0, 0.1) is 0 Å². The van der Waals surface area contributed by atoms with Crippen molar-refractivity contribution in [3.8, 4) is 5.75 Å². The van der Waals surface area contributed by atoms with Gasteiger partial charge in [0.25, 0.3) is 0 Å². The van der Waals surface area contributed by atoms with Gasteiger partial charge in [0.2, 0.25) is 0 Å². The fraction of sp³-hybridized carbons (Fsp3) is 0.125. The van der Waals surface area contributed by atoms with Gasteiger partial charge in [0.15, 0.2) is 0 Å². The van der Waals surface area contributed by atoms with E-state index in [1.54, 1.807) is 0 Å². The molecule has 0 radical (unpaired) electrons. The molecule has 0 unspecified atom stereocenters. The van der Waals surface area contributed by atoms with Crippen LogP contribution in [0.4, 0.5) is 0 Å². The molecule has 2 aromatic rings. The molecule has 1 heterocycles. The third kappa shape index (κ3) is 1.50. The van der Waals surface area contributed by atoms with Crippen molar-refractivity contribution in [2.24, 2.45) is 5.90 Å². The van der Waals surface area contributed by atoms with E-state index < -0.39 is 4.94 Å². The molecule has 3 N–H and O–H groups in total. The molecule has 74 valence electrons. The average molecular weight is 213 g/mol. The maximum atomic E-state index is 10.9. The first-order chi connectivity index (χ1) is 6.70. The van der Waals surface area contributed by atoms with Gasteiger partial charge in [-0.2, -0.15) is 0 Å². The molecule has 0 fully saturated rings. The molecule has 0 aliphatic rings. The molecule has 0 bridgehead atoms. The van der Waals surface area contributed by atoms with E-state index in [2.05, 4.69) is 4.84 Å². The first kappa shape index (κ1) is 9.20. The number of phenolic OH excluding ortho intramolecular Hbond substituents is 1. The first-order valence-corrected chi connectivity index (χ1v) is 4.59. The maximum absolute atomic E-state index is 10.9. The lowest BCUT2D eigenvalue weighted by Gasteiger charge is -2.01. The van der Waals surface area contributed by atoms with Gasteiger partial charge in [-0.1, -0.05) is 11.3 Å². The average Bonchev–Trinajstić information content (AvgIpc) is 2.45. The van der Waals surface area contributed by atoms with Crippen LogP contribution in [0.5, 0.6) is 5.75 Å². The minimum absolute atomic E-state index is 0.0417. The number of phenols is 1. The van der Waals surface area contributed by atoms with Crippen molar-refractivity contribution >= 4 is 21.6 Å². The van der Waals surface area contributed by atoms with Crippen molar-refractivity contribution in [1.82, 2.24) is 0 Å². The molecular weight excluding hydrogens is 206 g/mol. The zero-order valence-electron chi connectivity index (χ0n) is 7.02. The molecule has 1 aromatic carbocycles. The number of fused-ring (bicyclic) bond motifs is 1. The predicted octanol–water partition coefficient (Wildman–Crippen LogP) is 0.950. The van der Waals surface area contributed by atoms with E-state index in [9.17, 15) is 9.90 Å². The third-order valence-electron chi connectivity index (χ3n) is 1.77. The number of hydrogen-bond acceptors (Lipinski definition) is 6. The van der Waals surface area contributed by atoms with Gasteiger partial charge in [-0.3, -0.25) is 4.84 Å². The Morgan fingerprint density at radius 2 is 2.36 bits per heavy atom. The molecule has 6 heteroatoms. The number of aromatic hydroxyl groups is 1. The molecule has 0 spiro atoms. The number of hydrogen-bond donors (Lipinski definition) is 2. The van der Waals surface area contributed by atoms with Crippen LogP contribution >= 0.6 is 11.3 Å². The second-order valence-corrected chi connectivity index (χ2v) is 3.67. The minimum atomic E-state index is -0.398. The van der Waals surface area contributed by atoms with Crippen LogP contribution in [0.25, 0.3) is 10.3 Å². The fourth-order valence-corrected chi connectivity index (χ4v) is 1.84. The standard InChI is InChI=1S/C8H7NO4S/c9-12-3-4-1-6-7(2-5(4)10)14-8(11)13-6/h1-2,10H,3,9H2. The van der Waals surface area contributed by atoms with Crippen LogP contribution in [0.3, 0.4) is 0 Å². The molecule has 0 aliphatic carbocycles. The van der Waals surface area contributed by atoms with Gasteiger partial charge in [0.1, 0.15) is 11.3 Å². The summed E-state index contributed by atoms with van der Waals surface area (Å²) in [6.07, 6.45) is 0. The molecule has 14 heavy (non-hydrogen) atoms. The van der Waals surface area contributed by atoms with Gasteiger partial charge in [-0.05, 0) is 6.07 Å². The van der Waals surface area contributed by atoms with Crippen molar-refractivity contribution in [2.75, 3.05) is 0 Å². The SMILES string of the molecule is NOCc1cc2oc(=O)sc2cc1O. The highest BCUT2D eigenvalue weighted by atomic mass is 32.1. The lowest BCUT2D eigenvalue weighted by molar-refractivity contribution is 0.122. The van der Waals surface area contributed by atoms with E-state index in [1.165, 1.54) is 12.1 Å². The lowest BCUT2D eigenvalue weighted by Crippen LogP contribution is -1.98. The van der Waals surface area contributed by atoms with Gasteiger partial charge in [-0.15, -0.1) is 0 Å². The number of nitrogens with two attached hydrogens (primary N) is 1. The molecular formula is C8H7NO4S. The smallest absolute Gasteiger partial charge is 0.396 e. The van der Waals surface area contributed by atoms with Crippen LogP contribution in [0.2, 0.25) is 0 Å². The molecule has 0 saturated heterocycles. The van der Waals surface area contributed by atoms with Crippen LogP contribution in [0.15, 0.2) is 21.3 Å². The molecule has 1 aromatic heterocycles. The first-order valence-electron chi connectivity index (χ1n) is 3.78. The van der Waals surface area contributed by atoms with Crippen molar-refractivity contribution in [3.63, 3.8) is 0 Å². The van der Waals surface area contributed by atoms with Gasteiger partial charge in [0.05, 0.1) is 11.3 Å². The molecule has 5 nitrogen and oxygen atoms in total. The normalized spacial score (nSPS) is 10.9. The zero-order chi connectivity index (χ0) is 10.1. The van der Waals surface area contributed by atoms with E-state index in [4.69, 9.17) is 10.3 Å². The summed E-state index contributed by atoms with van der Waals surface area (Å²) in [6, 6.07) is 2.99. The highest BCUT2D eigenvalue weighted by molar-refractivity contribution is 7.16. The van der Waals surface area contributed by atoms with Crippen molar-refractivity contribution in [1.29, 1.82) is 0 Å². The minimum Gasteiger partial charge on any atom is -0.508 e. The number of rotatable bonds is 2. The van der Waals surface area contributed by atoms with Gasteiger partial charge >= 0.3 is 4.94 Å². The summed E-state index contributed by atoms with van der Waals surface area (Å²) in [4.78, 5) is 14.9. The topological polar surface area (TPSA) is 85.7 Å². The molecule has 0 aliphatic heterocycles. The Labute approximate surface area is 82.3 Å². The van der Waals surface area contributed by atoms with E-state index in [0.29, 0.717) is 15.8 Å². The second-order valence-electron chi connectivity index (χ2n) is 2.69. The Kier molecular flexibility index (Phi) is 2.24. The number of benzene rings is 1. The van der Waals surface area contributed by atoms with Crippen LogP contribution < -0.4 is 10.8 Å². The molecule has 0 amide bonds. The molecule has 2 rings (SSSR count). The fourth-order valence-electron chi connectivity index (χ4n) is 1.16. The summed E-state index contributed by atoms with van der Waals surface area (Å²) < 4.78 is 5.47. The summed E-state index contributed by atoms with van der Waals surface area (Å²) in [5, 5.41) is 9.48. The highest BCUT2D eigenvalue weighted by Crippen LogP contribution is 2.26. The summed E-state index contributed by atoms with van der Waals surface area (Å²) in [6.45, 7) is 0.0708. The van der Waals surface area contributed by atoms with E-state index in [-0.39, 0.29) is 12.4 Å². The second kappa shape index (κ2) is 3.41. The Balaban J connectivity index is 2.63. The summed E-state index contributed by atoms with van der Waals surface area (Å²) in [7, 11) is 0. The van der Waals surface area contributed by atoms with Crippen molar-refractivity contribution in [3.05, 3.63) is 27.4 Å². The van der Waals surface area contributed by atoms with E-state index in [1.807, 2.05) is 0 Å². The quantitative estimate of drug-likeness (QED) is 0.725. The summed E-state index contributed by atoms with van der Waals surface area (Å²) >= 11 is 0.939. The highest BCUT2D eigenvalue weighted by Gasteiger charge is 2.08. The Bertz CT molecular complexity index is 516.